The molecule has 0 radical (unpaired) electrons. The van der Waals surface area contributed by atoms with Crippen molar-refractivity contribution < 1.29 is 32.3 Å². The number of benzene rings is 1. The zero-order chi connectivity index (χ0) is 27.3. The van der Waals surface area contributed by atoms with Gasteiger partial charge in [-0.3, -0.25) is 19.7 Å². The fourth-order valence-electron chi connectivity index (χ4n) is 4.18. The van der Waals surface area contributed by atoms with E-state index in [0.717, 1.165) is 11.8 Å². The molecule has 3 heterocycles. The van der Waals surface area contributed by atoms with Gasteiger partial charge in [0.15, 0.2) is 0 Å². The first-order valence-corrected chi connectivity index (χ1v) is 12.6. The van der Waals surface area contributed by atoms with Crippen LogP contribution in [0.3, 0.4) is 0 Å². The largest absolute Gasteiger partial charge is 0.573 e. The SMILES string of the molecule is NC(CC(=O)NCc1cccc(OC(F)(F)F)c1)C1CCN(c2nccc(/C=C3\SC(=O)NC3=O)n2)CC1. The van der Waals surface area contributed by atoms with E-state index in [2.05, 4.69) is 25.3 Å². The Morgan fingerprint density at radius 3 is 2.74 bits per heavy atom. The molecule has 2 aliphatic heterocycles. The van der Waals surface area contributed by atoms with Crippen molar-refractivity contribution in [3.8, 4) is 5.75 Å². The Labute approximate surface area is 220 Å². The molecule has 1 atom stereocenters. The molecule has 0 bridgehead atoms. The Kier molecular flexibility index (Phi) is 8.52. The van der Waals surface area contributed by atoms with Crippen LogP contribution in [-0.4, -0.2) is 52.5 Å². The summed E-state index contributed by atoms with van der Waals surface area (Å²) in [7, 11) is 0. The molecule has 2 fully saturated rings. The molecule has 2 aliphatic rings. The fourth-order valence-corrected chi connectivity index (χ4v) is 4.85. The minimum absolute atomic E-state index is 0.0528. The zero-order valence-electron chi connectivity index (χ0n) is 20.0. The average molecular weight is 551 g/mol. The van der Waals surface area contributed by atoms with Crippen LogP contribution < -0.4 is 26.0 Å². The standard InChI is InChI=1S/C24H25F3N6O4S/c25-24(26,27)37-17-3-1-2-14(10-17)13-30-20(34)12-18(28)15-5-8-33(9-6-15)22-29-7-4-16(31-22)11-19-21(35)32-23(36)38-19/h1-4,7,10-11,15,18H,5-6,8-9,12-13,28H2,(H,30,34)(H,32,35,36)/b19-11-. The lowest BCUT2D eigenvalue weighted by atomic mass is 9.88. The molecule has 4 N–H and O–H groups in total. The maximum absolute atomic E-state index is 12.4. The molecule has 14 heteroatoms. The number of amides is 3. The minimum atomic E-state index is -4.79. The first-order chi connectivity index (χ1) is 18.1. The van der Waals surface area contributed by atoms with Crippen LogP contribution in [-0.2, 0) is 16.1 Å². The fraction of sp³-hybridized carbons (Fsp3) is 0.375. The number of imide groups is 1. The highest BCUT2D eigenvalue weighted by molar-refractivity contribution is 8.18. The van der Waals surface area contributed by atoms with E-state index < -0.39 is 17.5 Å². The van der Waals surface area contributed by atoms with Gasteiger partial charge in [-0.2, -0.15) is 0 Å². The van der Waals surface area contributed by atoms with E-state index in [1.54, 1.807) is 18.3 Å². The highest BCUT2D eigenvalue weighted by Gasteiger charge is 2.31. The smallest absolute Gasteiger partial charge is 0.406 e. The third-order valence-corrected chi connectivity index (χ3v) is 6.87. The number of nitrogens with one attached hydrogen (secondary N) is 2. The van der Waals surface area contributed by atoms with Gasteiger partial charge in [-0.25, -0.2) is 9.97 Å². The van der Waals surface area contributed by atoms with Gasteiger partial charge in [0, 0.05) is 38.3 Å². The molecule has 10 nitrogen and oxygen atoms in total. The monoisotopic (exact) mass is 550 g/mol. The summed E-state index contributed by atoms with van der Waals surface area (Å²) in [6.07, 6.45) is -0.149. The topological polar surface area (TPSA) is 140 Å². The number of anilines is 1. The molecule has 202 valence electrons. The van der Waals surface area contributed by atoms with E-state index in [0.29, 0.717) is 43.1 Å². The average Bonchev–Trinajstić information content (AvgIpc) is 3.18. The summed E-state index contributed by atoms with van der Waals surface area (Å²) in [6, 6.07) is 6.68. The molecule has 1 aromatic heterocycles. The van der Waals surface area contributed by atoms with E-state index in [9.17, 15) is 27.6 Å². The van der Waals surface area contributed by atoms with Crippen molar-refractivity contribution in [3.63, 3.8) is 0 Å². The number of alkyl halides is 3. The third-order valence-electron chi connectivity index (χ3n) is 6.06. The number of nitrogens with zero attached hydrogens (tertiary/aromatic N) is 3. The van der Waals surface area contributed by atoms with Crippen LogP contribution in [0.2, 0.25) is 0 Å². The van der Waals surface area contributed by atoms with Crippen LogP contribution in [0.15, 0.2) is 41.4 Å². The molecule has 1 unspecified atom stereocenters. The number of rotatable bonds is 8. The molecule has 3 amide bonds. The van der Waals surface area contributed by atoms with E-state index in [-0.39, 0.29) is 41.5 Å². The van der Waals surface area contributed by atoms with Gasteiger partial charge in [0.25, 0.3) is 11.1 Å². The van der Waals surface area contributed by atoms with Gasteiger partial charge in [0.2, 0.25) is 11.9 Å². The van der Waals surface area contributed by atoms with Gasteiger partial charge in [-0.1, -0.05) is 12.1 Å². The number of carbonyl (C=O) groups excluding carboxylic acids is 3. The highest BCUT2D eigenvalue weighted by Crippen LogP contribution is 2.27. The van der Waals surface area contributed by atoms with E-state index in [4.69, 9.17) is 5.73 Å². The van der Waals surface area contributed by atoms with Gasteiger partial charge >= 0.3 is 6.36 Å². The van der Waals surface area contributed by atoms with Crippen molar-refractivity contribution in [2.24, 2.45) is 11.7 Å². The Bertz CT molecular complexity index is 1230. The lowest BCUT2D eigenvalue weighted by Crippen LogP contribution is -2.43. The second-order valence-electron chi connectivity index (χ2n) is 8.80. The number of hydrogen-bond donors (Lipinski definition) is 3. The number of thioether (sulfide) groups is 1. The summed E-state index contributed by atoms with van der Waals surface area (Å²) in [5.41, 5.74) is 7.28. The maximum atomic E-state index is 12.4. The van der Waals surface area contributed by atoms with Crippen LogP contribution >= 0.6 is 11.8 Å². The Morgan fingerprint density at radius 2 is 2.05 bits per heavy atom. The van der Waals surface area contributed by atoms with Gasteiger partial charge in [0.1, 0.15) is 5.75 Å². The Morgan fingerprint density at radius 1 is 1.29 bits per heavy atom. The number of nitrogens with two attached hydrogens (primary N) is 1. The summed E-state index contributed by atoms with van der Waals surface area (Å²) in [6.45, 7) is 1.30. The predicted octanol–water partition coefficient (Wildman–Crippen LogP) is 2.95. The third kappa shape index (κ3) is 7.68. The molecule has 38 heavy (non-hydrogen) atoms. The number of carbonyl (C=O) groups is 3. The number of piperidine rings is 1. The number of ether oxygens (including phenoxy) is 1. The second-order valence-corrected chi connectivity index (χ2v) is 9.81. The van der Waals surface area contributed by atoms with Crippen molar-refractivity contribution in [3.05, 3.63) is 52.7 Å². The summed E-state index contributed by atoms with van der Waals surface area (Å²) in [5.74, 6) is -0.510. The molecule has 0 spiro atoms. The van der Waals surface area contributed by atoms with Gasteiger partial charge in [-0.05, 0) is 60.4 Å². The molecule has 0 saturated carbocycles. The van der Waals surface area contributed by atoms with Gasteiger partial charge in [-0.15, -0.1) is 13.2 Å². The highest BCUT2D eigenvalue weighted by atomic mass is 32.2. The normalized spacial score (nSPS) is 18.4. The molecule has 4 rings (SSSR count). The van der Waals surface area contributed by atoms with Crippen molar-refractivity contribution in [1.82, 2.24) is 20.6 Å². The lowest BCUT2D eigenvalue weighted by Gasteiger charge is -2.34. The lowest BCUT2D eigenvalue weighted by molar-refractivity contribution is -0.274. The van der Waals surface area contributed by atoms with Gasteiger partial charge < -0.3 is 20.7 Å². The molecule has 2 saturated heterocycles. The first-order valence-electron chi connectivity index (χ1n) is 11.8. The van der Waals surface area contributed by atoms with Crippen LogP contribution in [0.5, 0.6) is 5.75 Å². The second kappa shape index (κ2) is 11.8. The first kappa shape index (κ1) is 27.4. The Balaban J connectivity index is 1.24. The number of halogens is 3. The molecule has 0 aliphatic carbocycles. The summed E-state index contributed by atoms with van der Waals surface area (Å²) in [5, 5.41) is 4.47. The number of hydrogen-bond acceptors (Lipinski definition) is 9. The maximum Gasteiger partial charge on any atom is 0.573 e. The zero-order valence-corrected chi connectivity index (χ0v) is 20.8. The van der Waals surface area contributed by atoms with Crippen molar-refractivity contribution >= 4 is 40.8 Å². The van der Waals surface area contributed by atoms with Crippen LogP contribution in [0.4, 0.5) is 23.9 Å². The summed E-state index contributed by atoms with van der Waals surface area (Å²) in [4.78, 5) is 46.6. The van der Waals surface area contributed by atoms with Crippen LogP contribution in [0.25, 0.3) is 6.08 Å². The van der Waals surface area contributed by atoms with E-state index in [1.807, 2.05) is 4.90 Å². The molecular weight excluding hydrogens is 525 g/mol. The quantitative estimate of drug-likeness (QED) is 0.423. The van der Waals surface area contributed by atoms with Crippen molar-refractivity contribution in [2.75, 3.05) is 18.0 Å². The van der Waals surface area contributed by atoms with Gasteiger partial charge in [0.05, 0.1) is 10.6 Å². The molecule has 1 aromatic carbocycles. The van der Waals surface area contributed by atoms with E-state index in [1.165, 1.54) is 24.3 Å². The van der Waals surface area contributed by atoms with Crippen LogP contribution in [0, 0.1) is 5.92 Å². The predicted molar refractivity (Wildman–Crippen MR) is 134 cm³/mol. The Hall–Kier alpha value is -3.65. The van der Waals surface area contributed by atoms with E-state index >= 15 is 0 Å². The molecule has 2 aromatic rings. The minimum Gasteiger partial charge on any atom is -0.406 e. The van der Waals surface area contributed by atoms with Crippen molar-refractivity contribution in [1.29, 1.82) is 0 Å². The summed E-state index contributed by atoms with van der Waals surface area (Å²) < 4.78 is 41.1. The van der Waals surface area contributed by atoms with Crippen LogP contribution in [0.1, 0.15) is 30.5 Å². The number of aromatic nitrogens is 2. The summed E-state index contributed by atoms with van der Waals surface area (Å²) >= 11 is 0.817. The molecular formula is C24H25F3N6O4S. The van der Waals surface area contributed by atoms with Crippen molar-refractivity contribution in [2.45, 2.75) is 38.2 Å².